The molecule has 1 aliphatic rings. The Balaban J connectivity index is 1.99. The molecule has 1 N–H and O–H groups in total. The minimum Gasteiger partial charge on any atom is -0.490 e. The smallest absolute Gasteiger partial charge is 0.306 e. The van der Waals surface area contributed by atoms with Gasteiger partial charge in [0.25, 0.3) is 0 Å². The molecule has 1 heterocycles. The van der Waals surface area contributed by atoms with Gasteiger partial charge in [-0.3, -0.25) is 9.69 Å². The van der Waals surface area contributed by atoms with Crippen molar-refractivity contribution >= 4 is 21.9 Å². The van der Waals surface area contributed by atoms with Crippen molar-refractivity contribution < 1.29 is 19.4 Å². The van der Waals surface area contributed by atoms with Gasteiger partial charge in [0, 0.05) is 4.47 Å². The highest BCUT2D eigenvalue weighted by atomic mass is 79.9. The summed E-state index contributed by atoms with van der Waals surface area (Å²) < 4.78 is 12.6. The molecule has 1 aliphatic heterocycles. The monoisotopic (exact) mass is 461 g/mol. The Kier molecular flexibility index (Phi) is 7.56. The summed E-state index contributed by atoms with van der Waals surface area (Å²) in [5, 5.41) is 9.36. The van der Waals surface area contributed by atoms with E-state index >= 15 is 0 Å². The molecular weight excluding hydrogens is 434 g/mol. The van der Waals surface area contributed by atoms with Crippen molar-refractivity contribution in [3.8, 4) is 11.5 Å². The highest BCUT2D eigenvalue weighted by Crippen LogP contribution is 2.39. The highest BCUT2D eigenvalue weighted by Gasteiger charge is 2.31. The molecule has 1 unspecified atom stereocenters. The third-order valence-corrected chi connectivity index (χ3v) is 6.05. The summed E-state index contributed by atoms with van der Waals surface area (Å²) in [4.78, 5) is 13.8. The molecule has 1 saturated heterocycles. The quantitative estimate of drug-likeness (QED) is 0.589. The Morgan fingerprint density at radius 3 is 2.38 bits per heavy atom. The van der Waals surface area contributed by atoms with Gasteiger partial charge < -0.3 is 14.6 Å². The first-order valence-electron chi connectivity index (χ1n) is 10.2. The molecule has 1 atom stereocenters. The molecule has 2 aromatic carbocycles. The van der Waals surface area contributed by atoms with E-state index in [2.05, 4.69) is 39.0 Å². The lowest BCUT2D eigenvalue weighted by Gasteiger charge is -2.37. The zero-order valence-corrected chi connectivity index (χ0v) is 18.5. The van der Waals surface area contributed by atoms with Crippen LogP contribution < -0.4 is 9.47 Å². The number of ether oxygens (including phenoxy) is 2. The van der Waals surface area contributed by atoms with Crippen molar-refractivity contribution in [2.45, 2.75) is 32.7 Å². The SMILES string of the molecule is CCOc1ccc(C(c2ccccc2Br)N2CCC(C(=O)O)CC2)cc1OCC. The Bertz CT molecular complexity index is 833. The average Bonchev–Trinajstić information content (AvgIpc) is 2.72. The molecule has 0 spiro atoms. The molecule has 156 valence electrons. The van der Waals surface area contributed by atoms with Crippen LogP contribution in [0.5, 0.6) is 11.5 Å². The maximum atomic E-state index is 11.4. The van der Waals surface area contributed by atoms with Crippen molar-refractivity contribution in [2.75, 3.05) is 26.3 Å². The van der Waals surface area contributed by atoms with Crippen molar-refractivity contribution in [2.24, 2.45) is 5.92 Å². The molecular formula is C23H28BrNO4. The van der Waals surface area contributed by atoms with E-state index in [1.807, 2.05) is 38.1 Å². The van der Waals surface area contributed by atoms with Crippen LogP contribution >= 0.6 is 15.9 Å². The maximum Gasteiger partial charge on any atom is 0.306 e. The van der Waals surface area contributed by atoms with Gasteiger partial charge >= 0.3 is 5.97 Å². The average molecular weight is 462 g/mol. The second kappa shape index (κ2) is 10.1. The van der Waals surface area contributed by atoms with Crippen LogP contribution in [-0.4, -0.2) is 42.3 Å². The van der Waals surface area contributed by atoms with Crippen LogP contribution in [0.25, 0.3) is 0 Å². The van der Waals surface area contributed by atoms with E-state index in [9.17, 15) is 9.90 Å². The molecule has 5 nitrogen and oxygen atoms in total. The van der Waals surface area contributed by atoms with E-state index in [1.165, 1.54) is 0 Å². The van der Waals surface area contributed by atoms with E-state index in [0.29, 0.717) is 26.1 Å². The molecule has 0 amide bonds. The minimum atomic E-state index is -0.693. The van der Waals surface area contributed by atoms with Gasteiger partial charge in [-0.2, -0.15) is 0 Å². The fraction of sp³-hybridized carbons (Fsp3) is 0.435. The fourth-order valence-corrected chi connectivity index (χ4v) is 4.43. The van der Waals surface area contributed by atoms with Gasteiger partial charge in [-0.15, -0.1) is 0 Å². The number of nitrogens with zero attached hydrogens (tertiary/aromatic N) is 1. The largest absolute Gasteiger partial charge is 0.490 e. The Morgan fingerprint density at radius 1 is 1.10 bits per heavy atom. The van der Waals surface area contributed by atoms with E-state index in [1.54, 1.807) is 0 Å². The third kappa shape index (κ3) is 5.11. The third-order valence-electron chi connectivity index (χ3n) is 5.33. The Morgan fingerprint density at radius 2 is 1.76 bits per heavy atom. The lowest BCUT2D eigenvalue weighted by Crippen LogP contribution is -2.39. The van der Waals surface area contributed by atoms with Crippen LogP contribution in [0.1, 0.15) is 43.9 Å². The zero-order chi connectivity index (χ0) is 20.8. The van der Waals surface area contributed by atoms with Crippen LogP contribution in [0, 0.1) is 5.92 Å². The number of carboxylic acid groups (broad SMARTS) is 1. The first-order chi connectivity index (χ1) is 14.0. The second-order valence-electron chi connectivity index (χ2n) is 7.14. The first kappa shape index (κ1) is 21.7. The highest BCUT2D eigenvalue weighted by molar-refractivity contribution is 9.10. The summed E-state index contributed by atoms with van der Waals surface area (Å²) in [5.41, 5.74) is 2.27. The van der Waals surface area contributed by atoms with Gasteiger partial charge in [0.2, 0.25) is 0 Å². The second-order valence-corrected chi connectivity index (χ2v) is 8.00. The van der Waals surface area contributed by atoms with Gasteiger partial charge in [0.1, 0.15) is 0 Å². The van der Waals surface area contributed by atoms with E-state index in [0.717, 1.165) is 40.2 Å². The van der Waals surface area contributed by atoms with E-state index in [-0.39, 0.29) is 12.0 Å². The van der Waals surface area contributed by atoms with Gasteiger partial charge in [-0.1, -0.05) is 40.2 Å². The van der Waals surface area contributed by atoms with E-state index < -0.39 is 5.97 Å². The first-order valence-corrected chi connectivity index (χ1v) is 10.9. The van der Waals surface area contributed by atoms with Gasteiger partial charge in [-0.05, 0) is 69.1 Å². The number of piperidine rings is 1. The van der Waals surface area contributed by atoms with Crippen molar-refractivity contribution in [3.63, 3.8) is 0 Å². The number of halogens is 1. The van der Waals surface area contributed by atoms with Gasteiger partial charge in [-0.25, -0.2) is 0 Å². The number of benzene rings is 2. The maximum absolute atomic E-state index is 11.4. The topological polar surface area (TPSA) is 59.0 Å². The summed E-state index contributed by atoms with van der Waals surface area (Å²) in [6, 6.07) is 14.3. The molecule has 0 saturated carbocycles. The van der Waals surface area contributed by atoms with Crippen LogP contribution in [0.3, 0.4) is 0 Å². The molecule has 1 fully saturated rings. The predicted molar refractivity (Wildman–Crippen MR) is 117 cm³/mol. The molecule has 0 aromatic heterocycles. The summed E-state index contributed by atoms with van der Waals surface area (Å²) >= 11 is 3.71. The lowest BCUT2D eigenvalue weighted by molar-refractivity contribution is -0.143. The number of hydrogen-bond donors (Lipinski definition) is 1. The summed E-state index contributed by atoms with van der Waals surface area (Å²) in [6.45, 7) is 6.54. The van der Waals surface area contributed by atoms with E-state index in [4.69, 9.17) is 9.47 Å². The molecule has 0 radical (unpaired) electrons. The number of rotatable bonds is 8. The Labute approximate surface area is 180 Å². The number of likely N-dealkylation sites (tertiary alicyclic amines) is 1. The fourth-order valence-electron chi connectivity index (χ4n) is 3.93. The molecule has 6 heteroatoms. The van der Waals surface area contributed by atoms with Gasteiger partial charge in [0.15, 0.2) is 11.5 Å². The summed E-state index contributed by atoms with van der Waals surface area (Å²) in [5.74, 6) is 0.533. The lowest BCUT2D eigenvalue weighted by atomic mass is 9.91. The van der Waals surface area contributed by atoms with Crippen LogP contribution in [0.4, 0.5) is 0 Å². The number of aliphatic carboxylic acids is 1. The number of carboxylic acids is 1. The zero-order valence-electron chi connectivity index (χ0n) is 16.9. The van der Waals surface area contributed by atoms with Crippen molar-refractivity contribution in [1.29, 1.82) is 0 Å². The normalized spacial score (nSPS) is 16.4. The molecule has 0 aliphatic carbocycles. The van der Waals surface area contributed by atoms with Crippen LogP contribution in [-0.2, 0) is 4.79 Å². The molecule has 2 aromatic rings. The van der Waals surface area contributed by atoms with Crippen LogP contribution in [0.2, 0.25) is 0 Å². The summed E-state index contributed by atoms with van der Waals surface area (Å²) in [7, 11) is 0. The van der Waals surface area contributed by atoms with Gasteiger partial charge in [0.05, 0.1) is 25.2 Å². The number of hydrogen-bond acceptors (Lipinski definition) is 4. The summed E-state index contributed by atoms with van der Waals surface area (Å²) in [6.07, 6.45) is 1.32. The molecule has 0 bridgehead atoms. The molecule has 29 heavy (non-hydrogen) atoms. The molecule has 3 rings (SSSR count). The van der Waals surface area contributed by atoms with Crippen LogP contribution in [0.15, 0.2) is 46.9 Å². The van der Waals surface area contributed by atoms with Crippen molar-refractivity contribution in [1.82, 2.24) is 4.90 Å². The predicted octanol–water partition coefficient (Wildman–Crippen LogP) is 5.13. The number of carbonyl (C=O) groups is 1. The van der Waals surface area contributed by atoms with Crippen molar-refractivity contribution in [3.05, 3.63) is 58.1 Å². The standard InChI is InChI=1S/C23H28BrNO4/c1-3-28-20-10-9-17(15-21(20)29-4-2)22(18-7-5-6-8-19(18)24)25-13-11-16(12-14-25)23(26)27/h5-10,15-16,22H,3-4,11-14H2,1-2H3,(H,26,27). The Hall–Kier alpha value is -2.05. The minimum absolute atomic E-state index is 0.00945.